The number of aromatic nitrogens is 1. The first-order valence-corrected chi connectivity index (χ1v) is 4.79. The van der Waals surface area contributed by atoms with E-state index in [2.05, 4.69) is 10.9 Å². The molecule has 0 radical (unpaired) electrons. The summed E-state index contributed by atoms with van der Waals surface area (Å²) in [4.78, 5) is 4.93. The lowest BCUT2D eigenvalue weighted by Crippen LogP contribution is -1.70. The Morgan fingerprint density at radius 3 is 3.18 bits per heavy atom. The molecule has 0 aromatic carbocycles. The maximum atomic E-state index is 8.70. The van der Waals surface area contributed by atoms with E-state index in [-0.39, 0.29) is 6.61 Å². The van der Waals surface area contributed by atoms with Crippen molar-refractivity contribution < 1.29 is 5.11 Å². The molecule has 2 nitrogen and oxygen atoms in total. The molecule has 0 saturated heterocycles. The second-order valence-corrected chi connectivity index (χ2v) is 4.08. The minimum Gasteiger partial charge on any atom is -0.391 e. The van der Waals surface area contributed by atoms with E-state index in [1.54, 1.807) is 6.20 Å². The van der Waals surface area contributed by atoms with Crippen molar-refractivity contribution in [1.82, 2.24) is 4.98 Å². The van der Waals surface area contributed by atoms with Gasteiger partial charge >= 0.3 is 0 Å². The molecule has 0 aliphatic carbocycles. The minimum atomic E-state index is 0.0638. The van der Waals surface area contributed by atoms with E-state index in [4.69, 9.17) is 11.5 Å². The molecule has 0 aliphatic rings. The van der Waals surface area contributed by atoms with Crippen molar-refractivity contribution in [2.75, 3.05) is 5.75 Å². The summed E-state index contributed by atoms with van der Waals surface area (Å²) in [5, 5.41) is 8.70. The largest absolute Gasteiger partial charge is 0.391 e. The maximum absolute atomic E-state index is 8.70. The first-order valence-electron chi connectivity index (χ1n) is 2.98. The van der Waals surface area contributed by atoms with Gasteiger partial charge < -0.3 is 5.11 Å². The molecule has 0 saturated carbocycles. The third-order valence-electron chi connectivity index (χ3n) is 0.967. The summed E-state index contributed by atoms with van der Waals surface area (Å²) in [6.07, 6.45) is 6.74. The van der Waals surface area contributed by atoms with Crippen molar-refractivity contribution in [1.29, 1.82) is 0 Å². The first-order chi connectivity index (χ1) is 5.36. The molecule has 0 bridgehead atoms. The zero-order chi connectivity index (χ0) is 8.10. The summed E-state index contributed by atoms with van der Waals surface area (Å²) in [6, 6.07) is 0. The molecular weight excluding hydrogens is 178 g/mol. The molecule has 0 unspecified atom stereocenters. The average molecular weight is 185 g/mol. The summed E-state index contributed by atoms with van der Waals surface area (Å²) in [7, 11) is 0. The molecule has 1 aromatic heterocycles. The van der Waals surface area contributed by atoms with Crippen LogP contribution in [0.4, 0.5) is 0 Å². The van der Waals surface area contributed by atoms with Crippen LogP contribution in [0.2, 0.25) is 0 Å². The molecule has 1 N–H and O–H groups in total. The third-order valence-corrected chi connectivity index (χ3v) is 3.01. The van der Waals surface area contributed by atoms with Gasteiger partial charge in [0.25, 0.3) is 0 Å². The van der Waals surface area contributed by atoms with E-state index in [9.17, 15) is 0 Å². The molecular formula is C7H7NOS2. The van der Waals surface area contributed by atoms with Crippen molar-refractivity contribution >= 4 is 23.1 Å². The fourth-order valence-corrected chi connectivity index (χ4v) is 2.10. The topological polar surface area (TPSA) is 33.1 Å². The number of rotatable bonds is 3. The summed E-state index contributed by atoms with van der Waals surface area (Å²) in [5.74, 6) is 3.15. The highest BCUT2D eigenvalue weighted by Crippen LogP contribution is 2.23. The lowest BCUT2D eigenvalue weighted by Gasteiger charge is -1.85. The van der Waals surface area contributed by atoms with Crippen LogP contribution in [0.1, 0.15) is 4.88 Å². The Morgan fingerprint density at radius 1 is 1.82 bits per heavy atom. The van der Waals surface area contributed by atoms with Crippen LogP contribution in [0.3, 0.4) is 0 Å². The standard InChI is InChI=1S/C7H7NOS2/c1-2-3-10-7-8-4-6(5-9)11-7/h1,4,9H,3,5H2. The fraction of sp³-hybridized carbons (Fsp3) is 0.286. The Balaban J connectivity index is 2.53. The van der Waals surface area contributed by atoms with Gasteiger partial charge in [0.05, 0.1) is 17.2 Å². The van der Waals surface area contributed by atoms with E-state index < -0.39 is 0 Å². The molecule has 0 aliphatic heterocycles. The van der Waals surface area contributed by atoms with Crippen LogP contribution in [0.15, 0.2) is 10.5 Å². The monoisotopic (exact) mass is 185 g/mol. The number of hydrogen-bond acceptors (Lipinski definition) is 4. The van der Waals surface area contributed by atoms with Gasteiger partial charge in [0, 0.05) is 6.20 Å². The first kappa shape index (κ1) is 8.60. The highest BCUT2D eigenvalue weighted by Gasteiger charge is 1.99. The summed E-state index contributed by atoms with van der Waals surface area (Å²) >= 11 is 3.00. The molecule has 1 heterocycles. The van der Waals surface area contributed by atoms with Crippen molar-refractivity contribution in [2.45, 2.75) is 10.9 Å². The fourth-order valence-electron chi connectivity index (χ4n) is 0.533. The van der Waals surface area contributed by atoms with E-state index in [0.29, 0.717) is 5.75 Å². The Morgan fingerprint density at radius 2 is 2.64 bits per heavy atom. The number of nitrogens with zero attached hydrogens (tertiary/aromatic N) is 1. The van der Waals surface area contributed by atoms with Crippen LogP contribution in [0.5, 0.6) is 0 Å². The van der Waals surface area contributed by atoms with Gasteiger partial charge in [0.1, 0.15) is 0 Å². The minimum absolute atomic E-state index is 0.0638. The van der Waals surface area contributed by atoms with Crippen molar-refractivity contribution in [3.63, 3.8) is 0 Å². The van der Waals surface area contributed by atoms with Crippen LogP contribution in [0.25, 0.3) is 0 Å². The van der Waals surface area contributed by atoms with E-state index in [1.165, 1.54) is 23.1 Å². The smallest absolute Gasteiger partial charge is 0.151 e. The quantitative estimate of drug-likeness (QED) is 0.570. The van der Waals surface area contributed by atoms with Gasteiger partial charge in [-0.1, -0.05) is 17.7 Å². The Hall–Kier alpha value is -0.500. The Labute approximate surface area is 73.7 Å². The highest BCUT2D eigenvalue weighted by molar-refractivity contribution is 8.01. The maximum Gasteiger partial charge on any atom is 0.151 e. The molecule has 0 fully saturated rings. The molecule has 0 spiro atoms. The zero-order valence-corrected chi connectivity index (χ0v) is 7.41. The van der Waals surface area contributed by atoms with Crippen molar-refractivity contribution in [3.8, 4) is 12.3 Å². The highest BCUT2D eigenvalue weighted by atomic mass is 32.2. The number of aliphatic hydroxyl groups is 1. The Bertz CT molecular complexity index is 264. The van der Waals surface area contributed by atoms with Crippen LogP contribution in [-0.2, 0) is 6.61 Å². The number of thioether (sulfide) groups is 1. The predicted molar refractivity (Wildman–Crippen MR) is 47.6 cm³/mol. The Kier molecular flexibility index (Phi) is 3.43. The van der Waals surface area contributed by atoms with Crippen molar-refractivity contribution in [3.05, 3.63) is 11.1 Å². The summed E-state index contributed by atoms with van der Waals surface area (Å²) in [5.41, 5.74) is 0. The summed E-state index contributed by atoms with van der Waals surface area (Å²) < 4.78 is 0.923. The van der Waals surface area contributed by atoms with Gasteiger partial charge in [-0.15, -0.1) is 17.8 Å². The van der Waals surface area contributed by atoms with Gasteiger partial charge in [-0.3, -0.25) is 0 Å². The number of aliphatic hydroxyl groups excluding tert-OH is 1. The molecule has 0 amide bonds. The van der Waals surface area contributed by atoms with E-state index in [1.807, 2.05) is 0 Å². The molecule has 11 heavy (non-hydrogen) atoms. The number of terminal acetylenes is 1. The lowest BCUT2D eigenvalue weighted by atomic mass is 10.6. The lowest BCUT2D eigenvalue weighted by molar-refractivity contribution is 0.285. The van der Waals surface area contributed by atoms with Gasteiger partial charge in [0.2, 0.25) is 0 Å². The van der Waals surface area contributed by atoms with Crippen LogP contribution >= 0.6 is 23.1 Å². The molecule has 58 valence electrons. The summed E-state index contributed by atoms with van der Waals surface area (Å²) in [6.45, 7) is 0.0638. The second kappa shape index (κ2) is 4.39. The SMILES string of the molecule is C#CCSc1ncc(CO)s1. The third kappa shape index (κ3) is 2.54. The number of thiazole rings is 1. The van der Waals surface area contributed by atoms with Crippen LogP contribution in [0, 0.1) is 12.3 Å². The molecule has 1 rings (SSSR count). The van der Waals surface area contributed by atoms with Crippen LogP contribution in [-0.4, -0.2) is 15.8 Å². The van der Waals surface area contributed by atoms with E-state index in [0.717, 1.165) is 9.22 Å². The zero-order valence-electron chi connectivity index (χ0n) is 5.78. The van der Waals surface area contributed by atoms with Gasteiger partial charge in [-0.25, -0.2) is 4.98 Å². The normalized spacial score (nSPS) is 9.45. The number of hydrogen-bond donors (Lipinski definition) is 1. The second-order valence-electron chi connectivity index (χ2n) is 1.74. The molecule has 1 aromatic rings. The molecule has 4 heteroatoms. The van der Waals surface area contributed by atoms with Gasteiger partial charge in [-0.2, -0.15) is 0 Å². The van der Waals surface area contributed by atoms with Crippen molar-refractivity contribution in [2.24, 2.45) is 0 Å². The van der Waals surface area contributed by atoms with Gasteiger partial charge in [-0.05, 0) is 0 Å². The van der Waals surface area contributed by atoms with Crippen LogP contribution < -0.4 is 0 Å². The van der Waals surface area contributed by atoms with E-state index >= 15 is 0 Å². The predicted octanol–water partition coefficient (Wildman–Crippen LogP) is 1.36. The average Bonchev–Trinajstić information content (AvgIpc) is 2.48. The molecule has 0 atom stereocenters. The van der Waals surface area contributed by atoms with Gasteiger partial charge in [0.15, 0.2) is 4.34 Å².